The number of ether oxygens (including phenoxy) is 5. The van der Waals surface area contributed by atoms with Crippen molar-refractivity contribution in [2.75, 3.05) is 124 Å². The lowest BCUT2D eigenvalue weighted by Gasteiger charge is -2.32. The van der Waals surface area contributed by atoms with Crippen LogP contribution in [0.2, 0.25) is 0 Å². The molecule has 0 bridgehead atoms. The number of rotatable bonds is 20. The fourth-order valence-electron chi connectivity index (χ4n) is 18.2. The second-order valence-electron chi connectivity index (χ2n) is 39.4. The number of benzene rings is 9. The van der Waals surface area contributed by atoms with Crippen molar-refractivity contribution >= 4 is 34.1 Å². The molecule has 11 nitrogen and oxygen atoms in total. The van der Waals surface area contributed by atoms with Gasteiger partial charge in [0.05, 0.1) is 49.5 Å². The van der Waals surface area contributed by atoms with Gasteiger partial charge in [0.15, 0.2) is 0 Å². The first kappa shape index (κ1) is 97.0. The van der Waals surface area contributed by atoms with Gasteiger partial charge in [-0.3, -0.25) is 0 Å². The largest absolute Gasteiger partial charge is 0.497 e. The lowest BCUT2D eigenvalue weighted by atomic mass is 9.89. The van der Waals surface area contributed by atoms with Gasteiger partial charge in [-0.25, -0.2) is 0 Å². The molecule has 0 spiro atoms. The Morgan fingerprint density at radius 1 is 0.290 bits per heavy atom. The highest BCUT2D eigenvalue weighted by atomic mass is 16.5. The van der Waals surface area contributed by atoms with E-state index >= 15 is 0 Å². The Morgan fingerprint density at radius 2 is 0.669 bits per heavy atom. The summed E-state index contributed by atoms with van der Waals surface area (Å²) in [5.41, 5.74) is 30.0. The molecule has 0 saturated carbocycles. The van der Waals surface area contributed by atoms with E-state index in [4.69, 9.17) is 23.7 Å². The SMILES string of the molecule is CC(C)Cc1ccc2c(c1)CCC2.CC(C)Cc1ccc2c(c1)CCCC2.CC(C)Cc1ccc2c(c1)N(C)CCO2.CC(C)Cc1ccc2c(c1)NCCC2.CC(C)Cc1ccc2c(c1)NCCO2.CC(C)Cc1ccc2c(c1)OCCN2C.CCN1CCOc2ccc(CC(C)C)cc21.COc1ccc(CN2CCCc3cc(CC(C)C)ccc32)cc1. The molecule has 124 heavy (non-hydrogen) atoms. The Bertz CT molecular complexity index is 4530. The summed E-state index contributed by atoms with van der Waals surface area (Å²) in [6.45, 7) is 49.8. The van der Waals surface area contributed by atoms with Crippen LogP contribution in [0, 0.1) is 47.3 Å². The highest BCUT2D eigenvalue weighted by Crippen LogP contribution is 2.38. The Labute approximate surface area is 752 Å². The summed E-state index contributed by atoms with van der Waals surface area (Å²) in [6.07, 6.45) is 23.7. The molecule has 0 aromatic heterocycles. The maximum absolute atomic E-state index is 5.67. The average molecular weight is 1680 g/mol. The Balaban J connectivity index is 0.000000149. The van der Waals surface area contributed by atoms with Crippen molar-refractivity contribution < 1.29 is 23.7 Å². The third-order valence-electron chi connectivity index (χ3n) is 24.1. The minimum atomic E-state index is 0.698. The molecule has 0 atom stereocenters. The van der Waals surface area contributed by atoms with E-state index in [2.05, 4.69) is 320 Å². The summed E-state index contributed by atoms with van der Waals surface area (Å²) in [4.78, 5) is 9.42. The van der Waals surface area contributed by atoms with E-state index in [1.165, 1.54) is 186 Å². The minimum absolute atomic E-state index is 0.698. The van der Waals surface area contributed by atoms with Gasteiger partial charge in [-0.05, 0) is 333 Å². The van der Waals surface area contributed by atoms with Crippen molar-refractivity contribution in [1.82, 2.24) is 0 Å². The number of nitrogens with zero attached hydrogens (tertiary/aromatic N) is 4. The van der Waals surface area contributed by atoms with Crippen LogP contribution in [0.4, 0.5) is 34.1 Å². The van der Waals surface area contributed by atoms with Gasteiger partial charge in [0.25, 0.3) is 0 Å². The number of methoxy groups -OCH3 is 1. The zero-order valence-electron chi connectivity index (χ0n) is 80.5. The van der Waals surface area contributed by atoms with Gasteiger partial charge in [0.2, 0.25) is 0 Å². The van der Waals surface area contributed by atoms with Crippen LogP contribution in [-0.2, 0) is 96.4 Å². The minimum Gasteiger partial charge on any atom is -0.497 e. The van der Waals surface area contributed by atoms with E-state index in [1.807, 2.05) is 12.1 Å². The third kappa shape index (κ3) is 31.4. The summed E-state index contributed by atoms with van der Waals surface area (Å²) in [5, 5.41) is 6.83. The molecule has 2 N–H and O–H groups in total. The second kappa shape index (κ2) is 49.6. The van der Waals surface area contributed by atoms with Crippen LogP contribution >= 0.6 is 0 Å². The smallest absolute Gasteiger partial charge is 0.142 e. The lowest BCUT2D eigenvalue weighted by molar-refractivity contribution is 0.308. The summed E-state index contributed by atoms with van der Waals surface area (Å²) < 4.78 is 27.7. The van der Waals surface area contributed by atoms with E-state index < -0.39 is 0 Å². The van der Waals surface area contributed by atoms with Gasteiger partial charge in [-0.2, -0.15) is 0 Å². The molecular formula is C113H160N6O5. The lowest BCUT2D eigenvalue weighted by Crippen LogP contribution is -2.32. The fraction of sp³-hybridized carbons (Fsp3) is 0.522. The van der Waals surface area contributed by atoms with E-state index in [0.717, 1.165) is 157 Å². The normalized spacial score (nSPS) is 14.8. The monoisotopic (exact) mass is 1680 g/mol. The van der Waals surface area contributed by atoms with Crippen LogP contribution in [0.25, 0.3) is 0 Å². The van der Waals surface area contributed by atoms with Crippen LogP contribution < -0.4 is 53.9 Å². The molecule has 11 heteroatoms. The van der Waals surface area contributed by atoms with Crippen LogP contribution in [0.1, 0.15) is 233 Å². The van der Waals surface area contributed by atoms with Gasteiger partial charge in [0, 0.05) is 58.2 Å². The topological polar surface area (TPSA) is 83.2 Å². The first-order valence-electron chi connectivity index (χ1n) is 48.2. The predicted molar refractivity (Wildman–Crippen MR) is 533 cm³/mol. The van der Waals surface area contributed by atoms with Gasteiger partial charge < -0.3 is 53.9 Å². The molecule has 0 amide bonds. The Hall–Kier alpha value is -9.22. The zero-order valence-corrected chi connectivity index (χ0v) is 80.5. The molecule has 0 fully saturated rings. The van der Waals surface area contributed by atoms with E-state index in [-0.39, 0.29) is 0 Å². The predicted octanol–water partition coefficient (Wildman–Crippen LogP) is 26.4. The molecule has 0 unspecified atom stereocenters. The van der Waals surface area contributed by atoms with Crippen molar-refractivity contribution in [3.63, 3.8) is 0 Å². The number of anilines is 6. The summed E-state index contributed by atoms with van der Waals surface area (Å²) in [7, 11) is 5.95. The van der Waals surface area contributed by atoms with Crippen molar-refractivity contribution in [2.24, 2.45) is 47.3 Å². The van der Waals surface area contributed by atoms with Crippen LogP contribution in [-0.4, -0.2) is 93.4 Å². The standard InChI is InChI=1S/C21H27NO.C14H21NO.C14H20.2C13H19NO.C13H19N.C13H18.C12H17NO/c1-16(2)13-18-8-11-21-19(14-18)5-4-12-22(21)15-17-6-9-20(23-3)10-7-17;1-4-15-7-8-16-14-6-5-12(9-11(2)3)10-13(14)15;1-11(2)9-12-7-8-13-5-3-4-6-14(13)10-12;1-10(2)8-11-4-5-13-12(9-11)14(3)6-7-15-13;1-10(2)8-11-4-5-12-13(9-11)15-7-6-14(12)3;1-10(2)8-11-5-6-12-4-3-7-14-13(12)9-11;1-10(2)8-11-6-7-12-4-3-5-13(12)9-11;1-9(2)7-10-3-4-12-11(8-10)13-5-6-14-12/h6-11,14,16H,4-5,12-13,15H2,1-3H3;5-6,10-11H,4,7-9H2,1-3H3;7-8,10-11H,3-6,9H2,1-2H3;2*4-5,9-10H,6-8H2,1-3H3;5-6,9-10,14H,3-4,7-8H2,1-2H3;6-7,9-10H,3-5,8H2,1-2H3;3-4,8-9,13H,5-7H2,1-2H3. The molecule has 9 aromatic rings. The molecule has 6 heterocycles. The molecular weight excluding hydrogens is 1520 g/mol. The Kier molecular flexibility index (Phi) is 38.8. The van der Waals surface area contributed by atoms with E-state index in [0.29, 0.717) is 29.6 Å². The zero-order chi connectivity index (χ0) is 88.6. The maximum atomic E-state index is 5.67. The molecule has 2 aliphatic carbocycles. The first-order chi connectivity index (χ1) is 59.7. The van der Waals surface area contributed by atoms with Crippen LogP contribution in [0.3, 0.4) is 0 Å². The number of hydrogen-bond acceptors (Lipinski definition) is 11. The van der Waals surface area contributed by atoms with Crippen molar-refractivity contribution in [3.8, 4) is 28.7 Å². The Morgan fingerprint density at radius 3 is 1.21 bits per heavy atom. The molecule has 672 valence electrons. The van der Waals surface area contributed by atoms with E-state index in [1.54, 1.807) is 29.4 Å². The van der Waals surface area contributed by atoms with Crippen molar-refractivity contribution in [3.05, 3.63) is 253 Å². The van der Waals surface area contributed by atoms with Crippen LogP contribution in [0.15, 0.2) is 170 Å². The van der Waals surface area contributed by atoms with Gasteiger partial charge in [0.1, 0.15) is 55.2 Å². The third-order valence-corrected chi connectivity index (χ3v) is 24.1. The van der Waals surface area contributed by atoms with Gasteiger partial charge in [-0.1, -0.05) is 208 Å². The fourth-order valence-corrected chi connectivity index (χ4v) is 18.2. The van der Waals surface area contributed by atoms with Crippen molar-refractivity contribution in [2.45, 2.75) is 246 Å². The number of aryl methyl sites for hydroxylation is 6. The summed E-state index contributed by atoms with van der Waals surface area (Å²) in [6, 6.07) is 62.7. The number of likely N-dealkylation sites (N-methyl/N-ethyl adjacent to an activating group) is 3. The quantitative estimate of drug-likeness (QED) is 0.0766. The average Bonchev–Trinajstić information content (AvgIpc) is 0.869. The highest BCUT2D eigenvalue weighted by Gasteiger charge is 2.23. The van der Waals surface area contributed by atoms with E-state index in [9.17, 15) is 0 Å². The van der Waals surface area contributed by atoms with Crippen molar-refractivity contribution in [1.29, 1.82) is 0 Å². The molecule has 17 rings (SSSR count). The number of nitrogens with one attached hydrogen (secondary N) is 2. The number of fused-ring (bicyclic) bond motifs is 8. The molecule has 0 radical (unpaired) electrons. The van der Waals surface area contributed by atoms with Gasteiger partial charge >= 0.3 is 0 Å². The molecule has 6 aliphatic heterocycles. The number of hydrogen-bond donors (Lipinski definition) is 2. The summed E-state index contributed by atoms with van der Waals surface area (Å²) in [5.74, 6) is 10.9. The maximum Gasteiger partial charge on any atom is 0.142 e. The second-order valence-corrected chi connectivity index (χ2v) is 39.4. The summed E-state index contributed by atoms with van der Waals surface area (Å²) >= 11 is 0. The molecule has 9 aromatic carbocycles. The first-order valence-corrected chi connectivity index (χ1v) is 48.2. The van der Waals surface area contributed by atoms with Crippen LogP contribution in [0.5, 0.6) is 28.7 Å². The molecule has 8 aliphatic rings. The highest BCUT2D eigenvalue weighted by molar-refractivity contribution is 5.64. The van der Waals surface area contributed by atoms with Gasteiger partial charge in [-0.15, -0.1) is 0 Å². The molecule has 0 saturated heterocycles.